The van der Waals surface area contributed by atoms with Crippen LogP contribution in [0, 0.1) is 0 Å². The fraction of sp³-hybridized carbons (Fsp3) is 0.0909. The molecule has 0 atom stereocenters. The molecule has 0 bridgehead atoms. The Morgan fingerprint density at radius 2 is 2.07 bits per heavy atom. The number of isothiocyanates is 1. The van der Waals surface area contributed by atoms with E-state index in [0.717, 1.165) is 5.56 Å². The lowest BCUT2D eigenvalue weighted by atomic mass is 10.1. The summed E-state index contributed by atoms with van der Waals surface area (Å²) in [6.07, 6.45) is 1.59. The number of thiocarbonyl (C=S) groups is 1. The van der Waals surface area contributed by atoms with Crippen LogP contribution >= 0.6 is 12.2 Å². The molecule has 15 heavy (non-hydrogen) atoms. The van der Waals surface area contributed by atoms with Gasteiger partial charge < -0.3 is 5.11 Å². The molecule has 0 amide bonds. The molecule has 76 valence electrons. The first-order valence-electron chi connectivity index (χ1n) is 4.23. The molecule has 1 aromatic rings. The van der Waals surface area contributed by atoms with Crippen LogP contribution in [-0.2, 0) is 4.79 Å². The van der Waals surface area contributed by atoms with Crippen molar-refractivity contribution in [3.05, 3.63) is 35.4 Å². The number of nitrogens with zero attached hydrogens (tertiary/aromatic N) is 1. The second-order valence-corrected chi connectivity index (χ2v) is 3.11. The number of hydrogen-bond donors (Lipinski definition) is 1. The molecule has 0 aromatic heterocycles. The highest BCUT2D eigenvalue weighted by Gasteiger charge is 1.99. The Bertz CT molecular complexity index is 442. The van der Waals surface area contributed by atoms with Gasteiger partial charge in [-0.3, -0.25) is 0 Å². The van der Waals surface area contributed by atoms with Gasteiger partial charge in [-0.15, -0.1) is 0 Å². The van der Waals surface area contributed by atoms with E-state index in [4.69, 9.17) is 5.11 Å². The summed E-state index contributed by atoms with van der Waals surface area (Å²) in [5.74, 6) is -0.920. The number of aliphatic carboxylic acids is 1. The van der Waals surface area contributed by atoms with Crippen molar-refractivity contribution in [3.63, 3.8) is 0 Å². The number of aliphatic imine (C=N–C) groups is 1. The molecule has 1 aromatic carbocycles. The van der Waals surface area contributed by atoms with E-state index >= 15 is 0 Å². The lowest BCUT2D eigenvalue weighted by Gasteiger charge is -1.96. The average molecular weight is 219 g/mol. The minimum atomic E-state index is -0.920. The zero-order chi connectivity index (χ0) is 11.3. The molecular weight excluding hydrogens is 210 g/mol. The highest BCUT2D eigenvalue weighted by molar-refractivity contribution is 7.78. The van der Waals surface area contributed by atoms with Crippen LogP contribution in [0.5, 0.6) is 0 Å². The SMILES string of the molecule is C/C(=C/c1ccc(N=C=S)cc1)C(=O)O. The first kappa shape index (κ1) is 11.3. The molecule has 0 saturated heterocycles. The Kier molecular flexibility index (Phi) is 3.92. The van der Waals surface area contributed by atoms with Gasteiger partial charge in [0.05, 0.1) is 10.8 Å². The Hall–Kier alpha value is -1.77. The van der Waals surface area contributed by atoms with Gasteiger partial charge in [-0.05, 0) is 42.9 Å². The Morgan fingerprint density at radius 3 is 2.53 bits per heavy atom. The number of carbonyl (C=O) groups is 1. The minimum Gasteiger partial charge on any atom is -0.478 e. The summed E-state index contributed by atoms with van der Waals surface area (Å²) in [7, 11) is 0. The van der Waals surface area contributed by atoms with Crippen molar-refractivity contribution in [1.29, 1.82) is 0 Å². The van der Waals surface area contributed by atoms with Crippen LogP contribution in [-0.4, -0.2) is 16.2 Å². The molecule has 0 fully saturated rings. The predicted molar refractivity (Wildman–Crippen MR) is 62.4 cm³/mol. The summed E-state index contributed by atoms with van der Waals surface area (Å²) in [4.78, 5) is 14.4. The van der Waals surface area contributed by atoms with Gasteiger partial charge in [0.15, 0.2) is 0 Å². The molecule has 0 unspecified atom stereocenters. The van der Waals surface area contributed by atoms with E-state index in [1.807, 2.05) is 0 Å². The molecule has 1 N–H and O–H groups in total. The summed E-state index contributed by atoms with van der Waals surface area (Å²) in [6, 6.07) is 7.05. The van der Waals surface area contributed by atoms with Crippen LogP contribution in [0.2, 0.25) is 0 Å². The normalized spacial score (nSPS) is 10.6. The third kappa shape index (κ3) is 3.46. The number of rotatable bonds is 3. The Balaban J connectivity index is 2.94. The second kappa shape index (κ2) is 5.20. The van der Waals surface area contributed by atoms with Crippen LogP contribution in [0.1, 0.15) is 12.5 Å². The summed E-state index contributed by atoms with van der Waals surface area (Å²) in [5, 5.41) is 10.9. The predicted octanol–water partition coefficient (Wildman–Crippen LogP) is 2.91. The van der Waals surface area contributed by atoms with Crippen LogP contribution < -0.4 is 0 Å². The lowest BCUT2D eigenvalue weighted by Crippen LogP contribution is -1.95. The van der Waals surface area contributed by atoms with Gasteiger partial charge in [0.1, 0.15) is 0 Å². The maximum absolute atomic E-state index is 10.6. The van der Waals surface area contributed by atoms with Gasteiger partial charge in [-0.25, -0.2) is 4.79 Å². The molecule has 0 heterocycles. The van der Waals surface area contributed by atoms with Gasteiger partial charge in [-0.1, -0.05) is 12.1 Å². The topological polar surface area (TPSA) is 49.7 Å². The largest absolute Gasteiger partial charge is 0.478 e. The first-order valence-corrected chi connectivity index (χ1v) is 4.64. The maximum Gasteiger partial charge on any atom is 0.331 e. The van der Waals surface area contributed by atoms with Crippen LogP contribution in [0.3, 0.4) is 0 Å². The molecule has 0 saturated carbocycles. The number of benzene rings is 1. The van der Waals surface area contributed by atoms with Gasteiger partial charge in [0.25, 0.3) is 0 Å². The summed E-state index contributed by atoms with van der Waals surface area (Å²) >= 11 is 4.46. The number of hydrogen-bond acceptors (Lipinski definition) is 3. The third-order valence-electron chi connectivity index (χ3n) is 1.79. The summed E-state index contributed by atoms with van der Waals surface area (Å²) in [6.45, 7) is 1.55. The van der Waals surface area contributed by atoms with Crippen LogP contribution in [0.15, 0.2) is 34.8 Å². The second-order valence-electron chi connectivity index (χ2n) is 2.93. The van der Waals surface area contributed by atoms with Gasteiger partial charge in [-0.2, -0.15) is 4.99 Å². The smallest absolute Gasteiger partial charge is 0.331 e. The quantitative estimate of drug-likeness (QED) is 0.483. The molecule has 0 aliphatic heterocycles. The molecule has 0 aliphatic rings. The fourth-order valence-corrected chi connectivity index (χ4v) is 1.11. The zero-order valence-electron chi connectivity index (χ0n) is 8.10. The lowest BCUT2D eigenvalue weighted by molar-refractivity contribution is -0.132. The first-order chi connectivity index (χ1) is 7.13. The van der Waals surface area contributed by atoms with Crippen LogP contribution in [0.4, 0.5) is 5.69 Å². The standard InChI is InChI=1S/C11H9NO2S/c1-8(11(13)14)6-9-2-4-10(5-3-9)12-7-15/h2-6H,1H3,(H,13,14)/b8-6-. The number of carboxylic acid groups (broad SMARTS) is 1. The zero-order valence-corrected chi connectivity index (χ0v) is 8.91. The van der Waals surface area contributed by atoms with Crippen molar-refractivity contribution >= 4 is 35.1 Å². The average Bonchev–Trinajstić information content (AvgIpc) is 2.21. The van der Waals surface area contributed by atoms with Gasteiger partial charge in [0.2, 0.25) is 0 Å². The van der Waals surface area contributed by atoms with E-state index in [9.17, 15) is 4.79 Å². The van der Waals surface area contributed by atoms with E-state index in [2.05, 4.69) is 22.4 Å². The summed E-state index contributed by atoms with van der Waals surface area (Å²) in [5.41, 5.74) is 1.81. The van der Waals surface area contributed by atoms with Crippen molar-refractivity contribution in [2.45, 2.75) is 6.92 Å². The Labute approximate surface area is 92.8 Å². The van der Waals surface area contributed by atoms with Crippen molar-refractivity contribution in [2.24, 2.45) is 4.99 Å². The highest BCUT2D eigenvalue weighted by Crippen LogP contribution is 2.14. The molecule has 0 aliphatic carbocycles. The van der Waals surface area contributed by atoms with E-state index in [-0.39, 0.29) is 0 Å². The van der Waals surface area contributed by atoms with Gasteiger partial charge >= 0.3 is 5.97 Å². The van der Waals surface area contributed by atoms with E-state index in [0.29, 0.717) is 11.3 Å². The molecule has 0 spiro atoms. The summed E-state index contributed by atoms with van der Waals surface area (Å²) < 4.78 is 0. The maximum atomic E-state index is 10.6. The van der Waals surface area contributed by atoms with E-state index in [1.165, 1.54) is 0 Å². The monoisotopic (exact) mass is 219 g/mol. The number of carboxylic acids is 1. The minimum absolute atomic E-state index is 0.293. The fourth-order valence-electron chi connectivity index (χ4n) is 1.01. The third-order valence-corrected chi connectivity index (χ3v) is 1.88. The molecule has 0 radical (unpaired) electrons. The van der Waals surface area contributed by atoms with Crippen molar-refractivity contribution < 1.29 is 9.90 Å². The molecule has 3 nitrogen and oxygen atoms in total. The van der Waals surface area contributed by atoms with E-state index < -0.39 is 5.97 Å². The molecular formula is C11H9NO2S. The van der Waals surface area contributed by atoms with Crippen LogP contribution in [0.25, 0.3) is 6.08 Å². The van der Waals surface area contributed by atoms with Crippen molar-refractivity contribution in [3.8, 4) is 0 Å². The highest BCUT2D eigenvalue weighted by atomic mass is 32.1. The molecule has 4 heteroatoms. The van der Waals surface area contributed by atoms with E-state index in [1.54, 1.807) is 37.3 Å². The van der Waals surface area contributed by atoms with Gasteiger partial charge in [0, 0.05) is 5.57 Å². The van der Waals surface area contributed by atoms with Crippen molar-refractivity contribution in [2.75, 3.05) is 0 Å². The van der Waals surface area contributed by atoms with Crippen molar-refractivity contribution in [1.82, 2.24) is 0 Å². The molecule has 1 rings (SSSR count). The Morgan fingerprint density at radius 1 is 1.47 bits per heavy atom.